The van der Waals surface area contributed by atoms with Crippen molar-refractivity contribution in [2.45, 2.75) is 0 Å². The summed E-state index contributed by atoms with van der Waals surface area (Å²) in [5.74, 6) is -1.47. The zero-order valence-electron chi connectivity index (χ0n) is 13.2. The van der Waals surface area contributed by atoms with E-state index < -0.39 is 11.8 Å². The van der Waals surface area contributed by atoms with E-state index >= 15 is 0 Å². The third kappa shape index (κ3) is 2.80. The number of pyridine rings is 2. The second-order valence-electron chi connectivity index (χ2n) is 5.67. The van der Waals surface area contributed by atoms with E-state index in [1.807, 2.05) is 6.07 Å². The number of benzene rings is 2. The Hall–Kier alpha value is -3.25. The van der Waals surface area contributed by atoms with Crippen LogP contribution < -0.4 is 5.32 Å². The molecule has 26 heavy (non-hydrogen) atoms. The number of nitrogens with one attached hydrogen (secondary N) is 1. The molecule has 0 atom stereocenters. The highest BCUT2D eigenvalue weighted by molar-refractivity contribution is 6.30. The third-order valence-corrected chi connectivity index (χ3v) is 4.22. The molecule has 2 aromatic carbocycles. The number of halogens is 2. The van der Waals surface area contributed by atoms with Crippen LogP contribution in [0.4, 0.5) is 15.9 Å². The number of anilines is 2. The zero-order valence-corrected chi connectivity index (χ0v) is 14.0. The van der Waals surface area contributed by atoms with Crippen LogP contribution >= 0.6 is 11.6 Å². The average molecular weight is 368 g/mol. The summed E-state index contributed by atoms with van der Waals surface area (Å²) in [5.41, 5.74) is 0.684. The highest BCUT2D eigenvalue weighted by Crippen LogP contribution is 2.33. The van der Waals surface area contributed by atoms with Gasteiger partial charge in [0.05, 0.1) is 11.1 Å². The smallest absolute Gasteiger partial charge is 0.338 e. The van der Waals surface area contributed by atoms with E-state index in [0.29, 0.717) is 32.7 Å². The molecule has 0 radical (unpaired) electrons. The van der Waals surface area contributed by atoms with E-state index in [2.05, 4.69) is 15.3 Å². The molecular weight excluding hydrogens is 357 g/mol. The maximum atomic E-state index is 13.9. The molecule has 2 N–H and O–H groups in total. The maximum absolute atomic E-state index is 13.9. The first kappa shape index (κ1) is 16.2. The van der Waals surface area contributed by atoms with Gasteiger partial charge in [-0.25, -0.2) is 14.2 Å². The van der Waals surface area contributed by atoms with E-state index in [1.165, 1.54) is 6.07 Å². The van der Waals surface area contributed by atoms with Crippen molar-refractivity contribution < 1.29 is 14.3 Å². The Morgan fingerprint density at radius 1 is 1.12 bits per heavy atom. The largest absolute Gasteiger partial charge is 0.478 e. The molecule has 0 aliphatic carbocycles. The molecular formula is C19H11ClFN3O2. The molecule has 0 bridgehead atoms. The molecule has 2 aromatic heterocycles. The van der Waals surface area contributed by atoms with Crippen LogP contribution in [0.2, 0.25) is 5.02 Å². The first-order valence-electron chi connectivity index (χ1n) is 7.66. The maximum Gasteiger partial charge on any atom is 0.338 e. The van der Waals surface area contributed by atoms with Crippen LogP contribution in [0.3, 0.4) is 0 Å². The number of carboxylic acid groups (broad SMARTS) is 1. The molecule has 0 aliphatic rings. The fourth-order valence-corrected chi connectivity index (χ4v) is 3.07. The Labute approximate surface area is 152 Å². The van der Waals surface area contributed by atoms with E-state index in [-0.39, 0.29) is 11.1 Å². The Morgan fingerprint density at radius 3 is 2.73 bits per heavy atom. The predicted molar refractivity (Wildman–Crippen MR) is 98.7 cm³/mol. The predicted octanol–water partition coefficient (Wildman–Crippen LogP) is 5.02. The van der Waals surface area contributed by atoms with Crippen molar-refractivity contribution in [3.8, 4) is 0 Å². The quantitative estimate of drug-likeness (QED) is 0.497. The van der Waals surface area contributed by atoms with Gasteiger partial charge in [-0.3, -0.25) is 4.98 Å². The van der Waals surface area contributed by atoms with Crippen LogP contribution in [-0.2, 0) is 0 Å². The molecule has 4 rings (SSSR count). The molecule has 0 unspecified atom stereocenters. The molecule has 7 heteroatoms. The molecule has 5 nitrogen and oxygen atoms in total. The van der Waals surface area contributed by atoms with Gasteiger partial charge < -0.3 is 10.4 Å². The van der Waals surface area contributed by atoms with Gasteiger partial charge in [-0.05, 0) is 41.8 Å². The van der Waals surface area contributed by atoms with Crippen LogP contribution in [0.1, 0.15) is 10.4 Å². The van der Waals surface area contributed by atoms with Gasteiger partial charge in [0, 0.05) is 33.9 Å². The summed E-state index contributed by atoms with van der Waals surface area (Å²) in [6, 6.07) is 11.0. The molecule has 0 amide bonds. The van der Waals surface area contributed by atoms with Crippen molar-refractivity contribution in [1.82, 2.24) is 9.97 Å². The van der Waals surface area contributed by atoms with E-state index in [1.54, 1.807) is 36.7 Å². The molecule has 4 aromatic rings. The lowest BCUT2D eigenvalue weighted by Crippen LogP contribution is -2.03. The van der Waals surface area contributed by atoms with Gasteiger partial charge in [0.2, 0.25) is 0 Å². The molecule has 0 spiro atoms. The molecule has 0 fully saturated rings. The first-order chi connectivity index (χ1) is 12.5. The van der Waals surface area contributed by atoms with Gasteiger partial charge in [-0.1, -0.05) is 17.7 Å². The van der Waals surface area contributed by atoms with Gasteiger partial charge in [-0.2, -0.15) is 0 Å². The average Bonchev–Trinajstić information content (AvgIpc) is 2.62. The van der Waals surface area contributed by atoms with Crippen molar-refractivity contribution in [2.75, 3.05) is 5.32 Å². The second-order valence-corrected chi connectivity index (χ2v) is 6.11. The lowest BCUT2D eigenvalue weighted by atomic mass is 10.0. The van der Waals surface area contributed by atoms with Crippen LogP contribution in [-0.4, -0.2) is 21.0 Å². The first-order valence-corrected chi connectivity index (χ1v) is 8.03. The van der Waals surface area contributed by atoms with Crippen LogP contribution in [0, 0.1) is 5.82 Å². The number of nitrogens with zero attached hydrogens (tertiary/aromatic N) is 2. The minimum absolute atomic E-state index is 0.196. The van der Waals surface area contributed by atoms with Gasteiger partial charge in [0.25, 0.3) is 0 Å². The van der Waals surface area contributed by atoms with Crippen LogP contribution in [0.25, 0.3) is 21.7 Å². The van der Waals surface area contributed by atoms with Gasteiger partial charge in [-0.15, -0.1) is 0 Å². The second kappa shape index (κ2) is 6.24. The summed E-state index contributed by atoms with van der Waals surface area (Å²) < 4.78 is 13.9. The van der Waals surface area contributed by atoms with Crippen molar-refractivity contribution >= 4 is 50.8 Å². The summed E-state index contributed by atoms with van der Waals surface area (Å²) in [5, 5.41) is 14.8. The molecule has 0 saturated carbocycles. The Balaban J connectivity index is 2.04. The normalized spacial score (nSPS) is 11.0. The molecule has 0 saturated heterocycles. The molecule has 128 valence electrons. The standard InChI is InChI=1S/C19H11ClFN3O2/c20-10-2-1-3-12(6-10)23-18-16-9-22-5-4-13(16)14-7-11(21)8-15(19(25)26)17(14)24-18/h1-9H,(H,23,24)(H,25,26). The lowest BCUT2D eigenvalue weighted by Gasteiger charge is -2.13. The molecule has 0 aliphatic heterocycles. The number of hydrogen-bond donors (Lipinski definition) is 2. The van der Waals surface area contributed by atoms with E-state index in [0.717, 1.165) is 6.07 Å². The van der Waals surface area contributed by atoms with Crippen molar-refractivity contribution in [3.63, 3.8) is 0 Å². The SMILES string of the molecule is O=C(O)c1cc(F)cc2c1nc(Nc1cccc(Cl)c1)c1cnccc12. The topological polar surface area (TPSA) is 75.1 Å². The summed E-state index contributed by atoms with van der Waals surface area (Å²) in [7, 11) is 0. The summed E-state index contributed by atoms with van der Waals surface area (Å²) in [4.78, 5) is 20.1. The third-order valence-electron chi connectivity index (χ3n) is 3.98. The number of rotatable bonds is 3. The fourth-order valence-electron chi connectivity index (χ4n) is 2.88. The van der Waals surface area contributed by atoms with Crippen molar-refractivity contribution in [1.29, 1.82) is 0 Å². The number of fused-ring (bicyclic) bond motifs is 3. The minimum atomic E-state index is -1.25. The highest BCUT2D eigenvalue weighted by atomic mass is 35.5. The summed E-state index contributed by atoms with van der Waals surface area (Å²) in [6.45, 7) is 0. The number of carboxylic acids is 1. The Kier molecular flexibility index (Phi) is 3.89. The summed E-state index contributed by atoms with van der Waals surface area (Å²) in [6.07, 6.45) is 3.16. The summed E-state index contributed by atoms with van der Waals surface area (Å²) >= 11 is 6.02. The van der Waals surface area contributed by atoms with Gasteiger partial charge in [0.15, 0.2) is 0 Å². The number of aromatic nitrogens is 2. The minimum Gasteiger partial charge on any atom is -0.478 e. The van der Waals surface area contributed by atoms with E-state index in [9.17, 15) is 14.3 Å². The van der Waals surface area contributed by atoms with Gasteiger partial charge in [0.1, 0.15) is 11.6 Å². The van der Waals surface area contributed by atoms with Crippen molar-refractivity contribution in [3.05, 3.63) is 71.3 Å². The van der Waals surface area contributed by atoms with Crippen molar-refractivity contribution in [2.24, 2.45) is 0 Å². The zero-order chi connectivity index (χ0) is 18.3. The van der Waals surface area contributed by atoms with Crippen LogP contribution in [0.15, 0.2) is 54.9 Å². The molecule has 2 heterocycles. The number of aromatic carboxylic acids is 1. The Bertz CT molecular complexity index is 1180. The number of carbonyl (C=O) groups is 1. The monoisotopic (exact) mass is 367 g/mol. The highest BCUT2D eigenvalue weighted by Gasteiger charge is 2.17. The van der Waals surface area contributed by atoms with Crippen LogP contribution in [0.5, 0.6) is 0 Å². The number of hydrogen-bond acceptors (Lipinski definition) is 4. The fraction of sp³-hybridized carbons (Fsp3) is 0. The van der Waals surface area contributed by atoms with Gasteiger partial charge >= 0.3 is 5.97 Å². The lowest BCUT2D eigenvalue weighted by molar-refractivity contribution is 0.0698. The van der Waals surface area contributed by atoms with E-state index in [4.69, 9.17) is 11.6 Å². The Morgan fingerprint density at radius 2 is 1.96 bits per heavy atom.